The number of benzene rings is 3. The third-order valence-corrected chi connectivity index (χ3v) is 5.41. The largest absolute Gasteiger partial charge is 0.490 e. The summed E-state index contributed by atoms with van der Waals surface area (Å²) in [5.41, 5.74) is 7.41. The van der Waals surface area contributed by atoms with Crippen molar-refractivity contribution >= 4 is 35.3 Å². The summed E-state index contributed by atoms with van der Waals surface area (Å²) >= 11 is 12.4. The Kier molecular flexibility index (Phi) is 8.75. The number of nitrogens with zero attached hydrogens (tertiary/aromatic N) is 1. The van der Waals surface area contributed by atoms with Crippen molar-refractivity contribution in [2.45, 2.75) is 33.8 Å². The number of ether oxygens (including phenoxy) is 2. The molecular weight excluding hydrogens is 459 g/mol. The van der Waals surface area contributed by atoms with Gasteiger partial charge >= 0.3 is 0 Å². The molecule has 0 saturated carbocycles. The molecule has 7 heteroatoms. The summed E-state index contributed by atoms with van der Waals surface area (Å²) in [5, 5.41) is 5.12. The molecule has 0 atom stereocenters. The Balaban J connectivity index is 1.66. The molecule has 0 saturated heterocycles. The van der Waals surface area contributed by atoms with Crippen molar-refractivity contribution in [2.75, 3.05) is 6.61 Å². The molecule has 0 heterocycles. The summed E-state index contributed by atoms with van der Waals surface area (Å²) < 4.78 is 11.6. The van der Waals surface area contributed by atoms with E-state index < -0.39 is 0 Å². The fourth-order valence-electron chi connectivity index (χ4n) is 3.24. The van der Waals surface area contributed by atoms with Gasteiger partial charge in [0.05, 0.1) is 24.3 Å². The van der Waals surface area contributed by atoms with E-state index >= 15 is 0 Å². The van der Waals surface area contributed by atoms with E-state index in [4.69, 9.17) is 32.7 Å². The molecule has 3 rings (SSSR count). The highest BCUT2D eigenvalue weighted by Crippen LogP contribution is 2.37. The number of rotatable bonds is 9. The van der Waals surface area contributed by atoms with E-state index in [-0.39, 0.29) is 12.3 Å². The highest BCUT2D eigenvalue weighted by molar-refractivity contribution is 6.32. The lowest BCUT2D eigenvalue weighted by Gasteiger charge is -2.14. The fourth-order valence-corrected chi connectivity index (χ4v) is 3.64. The second-order valence-electron chi connectivity index (χ2n) is 7.58. The molecule has 172 valence electrons. The van der Waals surface area contributed by atoms with Gasteiger partial charge < -0.3 is 9.47 Å². The first-order valence-corrected chi connectivity index (χ1v) is 11.3. The maximum Gasteiger partial charge on any atom is 0.244 e. The lowest BCUT2D eigenvalue weighted by atomic mass is 10.0. The lowest BCUT2D eigenvalue weighted by Crippen LogP contribution is -2.20. The minimum Gasteiger partial charge on any atom is -0.490 e. The number of hydrazone groups is 1. The molecule has 1 N–H and O–H groups in total. The normalized spacial score (nSPS) is 10.9. The van der Waals surface area contributed by atoms with E-state index in [1.54, 1.807) is 24.3 Å². The Hall–Kier alpha value is -3.02. The van der Waals surface area contributed by atoms with Crippen LogP contribution in [-0.4, -0.2) is 18.7 Å². The highest BCUT2D eigenvalue weighted by Gasteiger charge is 2.13. The number of carbonyl (C=O) groups is 1. The van der Waals surface area contributed by atoms with Gasteiger partial charge in [-0.05, 0) is 67.3 Å². The summed E-state index contributed by atoms with van der Waals surface area (Å²) in [6.45, 7) is 6.66. The molecule has 0 aliphatic carbocycles. The molecule has 0 bridgehead atoms. The topological polar surface area (TPSA) is 59.9 Å². The molecule has 0 radical (unpaired) electrons. The van der Waals surface area contributed by atoms with Crippen molar-refractivity contribution in [1.82, 2.24) is 5.43 Å². The van der Waals surface area contributed by atoms with E-state index in [9.17, 15) is 4.79 Å². The summed E-state index contributed by atoms with van der Waals surface area (Å²) in [6, 6.07) is 16.9. The average Bonchev–Trinajstić information content (AvgIpc) is 2.76. The van der Waals surface area contributed by atoms with Gasteiger partial charge in [-0.2, -0.15) is 5.10 Å². The van der Waals surface area contributed by atoms with Gasteiger partial charge in [0, 0.05) is 5.02 Å². The smallest absolute Gasteiger partial charge is 0.244 e. The first kappa shape index (κ1) is 24.6. The number of nitrogens with one attached hydrogen (secondary N) is 1. The van der Waals surface area contributed by atoms with E-state index in [0.717, 1.165) is 22.3 Å². The van der Waals surface area contributed by atoms with Gasteiger partial charge in [0.2, 0.25) is 5.91 Å². The predicted octanol–water partition coefficient (Wildman–Crippen LogP) is 6.28. The summed E-state index contributed by atoms with van der Waals surface area (Å²) in [6.07, 6.45) is 1.78. The van der Waals surface area contributed by atoms with Crippen LogP contribution in [0.4, 0.5) is 0 Å². The van der Waals surface area contributed by atoms with Crippen molar-refractivity contribution in [3.8, 4) is 11.5 Å². The number of carbonyl (C=O) groups excluding carboxylic acids is 1. The van der Waals surface area contributed by atoms with Gasteiger partial charge in [-0.25, -0.2) is 5.43 Å². The molecule has 33 heavy (non-hydrogen) atoms. The standard InChI is InChI=1S/C26H26Cl2N2O3/c1-4-32-24-13-20(12-23(28)26(24)33-16-19-6-9-22(27)10-7-19)15-29-30-25(31)14-21-8-5-17(2)11-18(21)3/h5-13,15H,4,14,16H2,1-3H3,(H,30,31)/b29-15-. The van der Waals surface area contributed by atoms with Crippen molar-refractivity contribution < 1.29 is 14.3 Å². The SMILES string of the molecule is CCOc1cc(/C=N\NC(=O)Cc2ccc(C)cc2C)cc(Cl)c1OCc1ccc(Cl)cc1. The van der Waals surface area contributed by atoms with Crippen molar-refractivity contribution in [3.05, 3.63) is 92.5 Å². The third-order valence-electron chi connectivity index (χ3n) is 4.88. The second kappa shape index (κ2) is 11.7. The Bertz CT molecular complexity index is 1150. The minimum absolute atomic E-state index is 0.197. The average molecular weight is 485 g/mol. The quantitative estimate of drug-likeness (QED) is 0.287. The molecular formula is C26H26Cl2N2O3. The van der Waals surface area contributed by atoms with Crippen LogP contribution in [0, 0.1) is 13.8 Å². The molecule has 0 aliphatic rings. The van der Waals surface area contributed by atoms with Crippen LogP contribution in [0.15, 0.2) is 59.7 Å². The van der Waals surface area contributed by atoms with E-state index in [1.807, 2.05) is 45.0 Å². The van der Waals surface area contributed by atoms with Gasteiger partial charge in [0.15, 0.2) is 11.5 Å². The van der Waals surface area contributed by atoms with Gasteiger partial charge in [0.1, 0.15) is 6.61 Å². The zero-order valence-corrected chi connectivity index (χ0v) is 20.3. The molecule has 0 spiro atoms. The number of hydrogen-bond acceptors (Lipinski definition) is 4. The maximum absolute atomic E-state index is 12.3. The van der Waals surface area contributed by atoms with Gasteiger partial charge in [-0.3, -0.25) is 4.79 Å². The Morgan fingerprint density at radius 3 is 2.48 bits per heavy atom. The predicted molar refractivity (Wildman–Crippen MR) is 134 cm³/mol. The molecule has 3 aromatic carbocycles. The molecule has 3 aromatic rings. The van der Waals surface area contributed by atoms with Crippen molar-refractivity contribution in [3.63, 3.8) is 0 Å². The lowest BCUT2D eigenvalue weighted by molar-refractivity contribution is -0.120. The Morgan fingerprint density at radius 2 is 1.79 bits per heavy atom. The third kappa shape index (κ3) is 7.24. The van der Waals surface area contributed by atoms with Crippen LogP contribution in [0.25, 0.3) is 0 Å². The minimum atomic E-state index is -0.197. The first-order valence-electron chi connectivity index (χ1n) is 10.6. The maximum atomic E-state index is 12.3. The molecule has 0 unspecified atom stereocenters. The van der Waals surface area contributed by atoms with Gasteiger partial charge in [0.25, 0.3) is 0 Å². The van der Waals surface area contributed by atoms with Gasteiger partial charge in [-0.15, -0.1) is 0 Å². The van der Waals surface area contributed by atoms with Crippen molar-refractivity contribution in [1.29, 1.82) is 0 Å². The molecule has 0 aromatic heterocycles. The summed E-state index contributed by atoms with van der Waals surface area (Å²) in [7, 11) is 0. The number of halogens is 2. The van der Waals surface area contributed by atoms with Crippen LogP contribution >= 0.6 is 23.2 Å². The fraction of sp³-hybridized carbons (Fsp3) is 0.231. The van der Waals surface area contributed by atoms with Crippen LogP contribution < -0.4 is 14.9 Å². The first-order chi connectivity index (χ1) is 15.9. The van der Waals surface area contributed by atoms with Gasteiger partial charge in [-0.1, -0.05) is 59.1 Å². The van der Waals surface area contributed by atoms with E-state index in [1.165, 1.54) is 6.21 Å². The van der Waals surface area contributed by atoms with Crippen LogP contribution in [0.5, 0.6) is 11.5 Å². The van der Waals surface area contributed by atoms with Crippen LogP contribution in [0.2, 0.25) is 10.0 Å². The monoisotopic (exact) mass is 484 g/mol. The van der Waals surface area contributed by atoms with Crippen molar-refractivity contribution in [2.24, 2.45) is 5.10 Å². The number of hydrogen-bond donors (Lipinski definition) is 1. The second-order valence-corrected chi connectivity index (χ2v) is 8.42. The zero-order chi connectivity index (χ0) is 23.8. The Labute approximate surface area is 204 Å². The van der Waals surface area contributed by atoms with E-state index in [2.05, 4.69) is 16.6 Å². The molecule has 0 aliphatic heterocycles. The zero-order valence-electron chi connectivity index (χ0n) is 18.8. The number of aryl methyl sites for hydroxylation is 2. The van der Waals surface area contributed by atoms with E-state index in [0.29, 0.717) is 40.3 Å². The van der Waals surface area contributed by atoms with Crippen LogP contribution in [0.3, 0.4) is 0 Å². The molecule has 0 fully saturated rings. The summed E-state index contributed by atoms with van der Waals surface area (Å²) in [4.78, 5) is 12.3. The summed E-state index contributed by atoms with van der Waals surface area (Å²) in [5.74, 6) is 0.753. The molecule has 1 amide bonds. The molecule has 5 nitrogen and oxygen atoms in total. The number of amides is 1. The van der Waals surface area contributed by atoms with Crippen LogP contribution in [-0.2, 0) is 17.8 Å². The van der Waals surface area contributed by atoms with Crippen LogP contribution in [0.1, 0.15) is 34.7 Å². The Morgan fingerprint density at radius 1 is 1.03 bits per heavy atom. The highest BCUT2D eigenvalue weighted by atomic mass is 35.5.